The highest BCUT2D eigenvalue weighted by molar-refractivity contribution is 5.74. The topological polar surface area (TPSA) is 82.5 Å². The largest absolute Gasteiger partial charge is 0.479 e. The molecule has 3 saturated heterocycles. The number of hydrogen-bond acceptors (Lipinski definition) is 6. The lowest BCUT2D eigenvalue weighted by Gasteiger charge is -2.39. The number of carbonyl (C=O) groups is 2. The quantitative estimate of drug-likeness (QED) is 0.534. The molecule has 1 aromatic carbocycles. The van der Waals surface area contributed by atoms with Gasteiger partial charge >= 0.3 is 24.4 Å². The standard InChI is InChI=1S/C25H31F6N3O5/c1-16-2-3-17(18(12-16)34-10-11-38-19(14-34)20(35)36)13-32-7-4-23(15-32)5-8-33(9-6-23)22(37)39-21(24(26,27)28)25(29,30)31/h2-3,12,19,21H,4-11,13-15H2,1H3,(H,35,36). The van der Waals surface area contributed by atoms with Crippen LogP contribution in [-0.2, 0) is 20.8 Å². The van der Waals surface area contributed by atoms with Crippen molar-refractivity contribution in [3.8, 4) is 0 Å². The number of anilines is 1. The second-order valence-corrected chi connectivity index (χ2v) is 10.6. The number of aryl methyl sites for hydroxylation is 1. The molecule has 1 unspecified atom stereocenters. The Bertz CT molecular complexity index is 1040. The zero-order valence-electron chi connectivity index (χ0n) is 21.4. The number of morpholine rings is 1. The van der Waals surface area contributed by atoms with E-state index in [0.717, 1.165) is 34.7 Å². The third-order valence-corrected chi connectivity index (χ3v) is 7.73. The third kappa shape index (κ3) is 6.89. The Hall–Kier alpha value is -2.74. The number of carboxylic acid groups (broad SMARTS) is 1. The Morgan fingerprint density at radius 3 is 2.33 bits per heavy atom. The number of benzene rings is 1. The van der Waals surface area contributed by atoms with Crippen molar-refractivity contribution in [1.82, 2.24) is 9.80 Å². The molecule has 0 bridgehead atoms. The number of likely N-dealkylation sites (tertiary alicyclic amines) is 2. The van der Waals surface area contributed by atoms with Crippen LogP contribution in [-0.4, -0.2) is 97.4 Å². The van der Waals surface area contributed by atoms with Gasteiger partial charge in [0.2, 0.25) is 0 Å². The number of aliphatic carboxylic acids is 1. The zero-order valence-corrected chi connectivity index (χ0v) is 21.4. The maximum atomic E-state index is 12.8. The van der Waals surface area contributed by atoms with Crippen LogP contribution >= 0.6 is 0 Å². The first kappa shape index (κ1) is 29.2. The fourth-order valence-corrected chi connectivity index (χ4v) is 5.59. The molecule has 1 N–H and O–H groups in total. The number of piperidine rings is 1. The van der Waals surface area contributed by atoms with Crippen LogP contribution in [0.2, 0.25) is 0 Å². The minimum atomic E-state index is -5.75. The van der Waals surface area contributed by atoms with Crippen LogP contribution in [0.4, 0.5) is 36.8 Å². The summed E-state index contributed by atoms with van der Waals surface area (Å²) in [6.07, 6.45) is -16.5. The maximum Gasteiger partial charge on any atom is 0.434 e. The van der Waals surface area contributed by atoms with Crippen molar-refractivity contribution in [3.05, 3.63) is 29.3 Å². The van der Waals surface area contributed by atoms with Crippen LogP contribution in [0.15, 0.2) is 18.2 Å². The van der Waals surface area contributed by atoms with Gasteiger partial charge in [0, 0.05) is 38.4 Å². The SMILES string of the molecule is Cc1ccc(CN2CCC3(CCN(C(=O)OC(C(F)(F)F)C(F)(F)F)CC3)C2)c(N2CCOC(C(=O)O)C2)c1. The van der Waals surface area contributed by atoms with Crippen molar-refractivity contribution in [2.45, 2.75) is 57.3 Å². The second-order valence-electron chi connectivity index (χ2n) is 10.6. The van der Waals surface area contributed by atoms with Crippen LogP contribution in [0.1, 0.15) is 30.4 Å². The van der Waals surface area contributed by atoms with Crippen molar-refractivity contribution < 1.29 is 50.5 Å². The summed E-state index contributed by atoms with van der Waals surface area (Å²) < 4.78 is 85.8. The maximum absolute atomic E-state index is 12.8. The lowest BCUT2D eigenvalue weighted by Crippen LogP contribution is -2.50. The first-order valence-corrected chi connectivity index (χ1v) is 12.7. The van der Waals surface area contributed by atoms with Crippen LogP contribution < -0.4 is 4.90 Å². The predicted octanol–water partition coefficient (Wildman–Crippen LogP) is 4.20. The van der Waals surface area contributed by atoms with E-state index in [-0.39, 0.29) is 25.0 Å². The number of amides is 1. The summed E-state index contributed by atoms with van der Waals surface area (Å²) in [6.45, 7) is 5.05. The van der Waals surface area contributed by atoms with E-state index in [2.05, 4.69) is 9.64 Å². The molecule has 3 heterocycles. The third-order valence-electron chi connectivity index (χ3n) is 7.73. The van der Waals surface area contributed by atoms with Gasteiger partial charge in [-0.15, -0.1) is 0 Å². The van der Waals surface area contributed by atoms with Crippen molar-refractivity contribution in [2.75, 3.05) is 50.8 Å². The smallest absolute Gasteiger partial charge is 0.434 e. The number of carboxylic acids is 1. The molecule has 3 aliphatic rings. The summed E-state index contributed by atoms with van der Waals surface area (Å²) in [5.74, 6) is -1.02. The highest BCUT2D eigenvalue weighted by Gasteiger charge is 2.60. The molecule has 218 valence electrons. The Labute approximate surface area is 221 Å². The van der Waals surface area contributed by atoms with Gasteiger partial charge in [0.1, 0.15) is 0 Å². The van der Waals surface area contributed by atoms with E-state index >= 15 is 0 Å². The Balaban J connectivity index is 1.36. The molecule has 0 saturated carbocycles. The molecule has 4 rings (SSSR count). The van der Waals surface area contributed by atoms with Crippen molar-refractivity contribution >= 4 is 17.7 Å². The van der Waals surface area contributed by atoms with Gasteiger partial charge in [-0.2, -0.15) is 26.3 Å². The molecule has 8 nitrogen and oxygen atoms in total. The van der Waals surface area contributed by atoms with Crippen molar-refractivity contribution in [3.63, 3.8) is 0 Å². The minimum absolute atomic E-state index is 0.00917. The highest BCUT2D eigenvalue weighted by atomic mass is 19.4. The number of alkyl halides is 6. The summed E-state index contributed by atoms with van der Waals surface area (Å²) in [4.78, 5) is 28.7. The fourth-order valence-electron chi connectivity index (χ4n) is 5.59. The highest BCUT2D eigenvalue weighted by Crippen LogP contribution is 2.42. The molecule has 14 heteroatoms. The average molecular weight is 568 g/mol. The number of hydrogen-bond donors (Lipinski definition) is 1. The van der Waals surface area contributed by atoms with Crippen LogP contribution in [0.5, 0.6) is 0 Å². The van der Waals surface area contributed by atoms with Gasteiger partial charge in [-0.3, -0.25) is 4.90 Å². The Morgan fingerprint density at radius 2 is 1.72 bits per heavy atom. The van der Waals surface area contributed by atoms with Gasteiger partial charge in [-0.05, 0) is 55.3 Å². The zero-order chi connectivity index (χ0) is 28.6. The van der Waals surface area contributed by atoms with Crippen molar-refractivity contribution in [1.29, 1.82) is 0 Å². The summed E-state index contributed by atoms with van der Waals surface area (Å²) in [6, 6.07) is 6.01. The van der Waals surface area contributed by atoms with E-state index < -0.39 is 36.6 Å². The van der Waals surface area contributed by atoms with Crippen molar-refractivity contribution in [2.24, 2.45) is 5.41 Å². The van der Waals surface area contributed by atoms with Gasteiger partial charge in [0.25, 0.3) is 6.10 Å². The van der Waals surface area contributed by atoms with E-state index in [1.165, 1.54) is 0 Å². The van der Waals surface area contributed by atoms with E-state index in [0.29, 0.717) is 39.1 Å². The average Bonchev–Trinajstić information content (AvgIpc) is 3.24. The predicted molar refractivity (Wildman–Crippen MR) is 126 cm³/mol. The molecule has 0 aromatic heterocycles. The molecule has 1 atom stereocenters. The van der Waals surface area contributed by atoms with Gasteiger partial charge in [-0.1, -0.05) is 12.1 Å². The number of halogens is 6. The second kappa shape index (κ2) is 11.0. The lowest BCUT2D eigenvalue weighted by atomic mass is 9.78. The minimum Gasteiger partial charge on any atom is -0.479 e. The molecular formula is C25H31F6N3O5. The van der Waals surface area contributed by atoms with E-state index in [1.54, 1.807) is 0 Å². The molecule has 1 amide bonds. The van der Waals surface area contributed by atoms with Gasteiger partial charge in [-0.25, -0.2) is 9.59 Å². The molecular weight excluding hydrogens is 536 g/mol. The number of ether oxygens (including phenoxy) is 2. The van der Waals surface area contributed by atoms with Gasteiger partial charge in [0.05, 0.1) is 13.2 Å². The number of carbonyl (C=O) groups excluding carboxylic acids is 1. The molecule has 1 spiro atoms. The van der Waals surface area contributed by atoms with Gasteiger partial charge in [0.15, 0.2) is 6.10 Å². The summed E-state index contributed by atoms with van der Waals surface area (Å²) in [7, 11) is 0. The normalized spacial score (nSPS) is 22.5. The first-order chi connectivity index (χ1) is 18.2. The van der Waals surface area contributed by atoms with E-state index in [4.69, 9.17) is 4.74 Å². The molecule has 3 fully saturated rings. The molecule has 0 aliphatic carbocycles. The first-order valence-electron chi connectivity index (χ1n) is 12.7. The number of nitrogens with zero attached hydrogens (tertiary/aromatic N) is 3. The number of rotatable bonds is 5. The Kier molecular flexibility index (Phi) is 8.27. The monoisotopic (exact) mass is 567 g/mol. The van der Waals surface area contributed by atoms with E-state index in [1.807, 2.05) is 30.0 Å². The van der Waals surface area contributed by atoms with E-state index in [9.17, 15) is 41.0 Å². The summed E-state index contributed by atoms with van der Waals surface area (Å²) in [5, 5.41) is 9.37. The van der Waals surface area contributed by atoms with Crippen LogP contribution in [0.25, 0.3) is 0 Å². The molecule has 0 radical (unpaired) electrons. The molecule has 39 heavy (non-hydrogen) atoms. The molecule has 1 aromatic rings. The summed E-state index contributed by atoms with van der Waals surface area (Å²) >= 11 is 0. The molecule has 3 aliphatic heterocycles. The fraction of sp³-hybridized carbons (Fsp3) is 0.680. The van der Waals surface area contributed by atoms with Crippen LogP contribution in [0.3, 0.4) is 0 Å². The summed E-state index contributed by atoms with van der Waals surface area (Å²) in [5.41, 5.74) is 2.78. The van der Waals surface area contributed by atoms with Gasteiger partial charge < -0.3 is 24.4 Å². The lowest BCUT2D eigenvalue weighted by molar-refractivity contribution is -0.308. The van der Waals surface area contributed by atoms with Crippen LogP contribution in [0, 0.1) is 12.3 Å². The Morgan fingerprint density at radius 1 is 1.08 bits per heavy atom.